The van der Waals surface area contributed by atoms with Crippen LogP contribution in [0, 0.1) is 0 Å². The molecule has 3 heterocycles. The summed E-state index contributed by atoms with van der Waals surface area (Å²) in [5.41, 5.74) is 1.65. The van der Waals surface area contributed by atoms with Gasteiger partial charge in [0.15, 0.2) is 5.76 Å². The summed E-state index contributed by atoms with van der Waals surface area (Å²) in [6, 6.07) is 10.8. The minimum atomic E-state index is -0.621. The van der Waals surface area contributed by atoms with Crippen molar-refractivity contribution < 1.29 is 23.6 Å². The van der Waals surface area contributed by atoms with E-state index in [0.29, 0.717) is 38.4 Å². The molecule has 2 aliphatic heterocycles. The van der Waals surface area contributed by atoms with Crippen LogP contribution in [0.3, 0.4) is 0 Å². The minimum absolute atomic E-state index is 0.0997. The highest BCUT2D eigenvalue weighted by molar-refractivity contribution is 6.04. The number of hydrogen-bond acceptors (Lipinski definition) is 6. The average Bonchev–Trinajstić information content (AvgIpc) is 3.45. The summed E-state index contributed by atoms with van der Waals surface area (Å²) < 4.78 is 10.3. The molecule has 1 aromatic heterocycles. The van der Waals surface area contributed by atoms with Gasteiger partial charge in [0.2, 0.25) is 6.10 Å². The second-order valence-electron chi connectivity index (χ2n) is 6.66. The van der Waals surface area contributed by atoms with Crippen molar-refractivity contribution in [3.8, 4) is 5.75 Å². The Kier molecular flexibility index (Phi) is 5.01. The highest BCUT2D eigenvalue weighted by atomic mass is 16.6. The summed E-state index contributed by atoms with van der Waals surface area (Å²) in [6.45, 7) is 1.85. The Morgan fingerprint density at radius 3 is 2.43 bits per heavy atom. The van der Waals surface area contributed by atoms with Crippen LogP contribution < -0.4 is 4.74 Å². The van der Waals surface area contributed by atoms with Crippen LogP contribution in [0.2, 0.25) is 0 Å². The lowest BCUT2D eigenvalue weighted by Crippen LogP contribution is -2.52. The summed E-state index contributed by atoms with van der Waals surface area (Å²) in [5, 5.41) is 4.09. The summed E-state index contributed by atoms with van der Waals surface area (Å²) in [5.74, 6) is 0.825. The summed E-state index contributed by atoms with van der Waals surface area (Å²) in [7, 11) is 1.61. The van der Waals surface area contributed by atoms with Crippen molar-refractivity contribution >= 4 is 17.5 Å². The van der Waals surface area contributed by atoms with Crippen LogP contribution >= 0.6 is 0 Å². The monoisotopic (exact) mass is 383 g/mol. The number of rotatable bonds is 4. The Bertz CT molecular complexity index is 868. The van der Waals surface area contributed by atoms with Crippen molar-refractivity contribution in [2.75, 3.05) is 33.3 Å². The lowest BCUT2D eigenvalue weighted by molar-refractivity contribution is -0.143. The number of nitrogens with zero attached hydrogens (tertiary/aromatic N) is 3. The number of carbonyl (C=O) groups excluding carboxylic acids is 2. The third-order valence-corrected chi connectivity index (χ3v) is 4.98. The van der Waals surface area contributed by atoms with Crippen LogP contribution in [0.1, 0.15) is 22.5 Å². The van der Waals surface area contributed by atoms with Gasteiger partial charge in [-0.2, -0.15) is 0 Å². The fraction of sp³-hybridized carbons (Fsp3) is 0.350. The zero-order valence-corrected chi connectivity index (χ0v) is 15.5. The molecule has 0 spiro atoms. The number of methoxy groups -OCH3 is 1. The standard InChI is InChI=1S/C20H21N3O5/c1-26-15-6-4-14(5-7-15)16-13-18(28-21-16)20(25)23-10-8-22(9-11-23)19(24)17-3-2-12-27-17/h2-7,12,18H,8-11,13H2,1H3. The van der Waals surface area contributed by atoms with Crippen molar-refractivity contribution in [2.24, 2.45) is 5.16 Å². The van der Waals surface area contributed by atoms with Crippen LogP contribution in [0.15, 0.2) is 52.2 Å². The molecule has 1 fully saturated rings. The van der Waals surface area contributed by atoms with Gasteiger partial charge in [0, 0.05) is 32.6 Å². The Hall–Kier alpha value is -3.29. The lowest BCUT2D eigenvalue weighted by Gasteiger charge is -2.35. The van der Waals surface area contributed by atoms with Gasteiger partial charge in [0.05, 0.1) is 19.1 Å². The van der Waals surface area contributed by atoms with Gasteiger partial charge in [-0.15, -0.1) is 0 Å². The van der Waals surface area contributed by atoms with E-state index in [9.17, 15) is 9.59 Å². The summed E-state index contributed by atoms with van der Waals surface area (Å²) >= 11 is 0. The Labute approximate surface area is 162 Å². The van der Waals surface area contributed by atoms with Gasteiger partial charge in [-0.1, -0.05) is 5.16 Å². The van der Waals surface area contributed by atoms with Crippen LogP contribution in [0.25, 0.3) is 0 Å². The number of ether oxygens (including phenoxy) is 1. The number of furan rings is 1. The molecule has 0 radical (unpaired) electrons. The lowest BCUT2D eigenvalue weighted by atomic mass is 10.0. The highest BCUT2D eigenvalue weighted by Crippen LogP contribution is 2.21. The van der Waals surface area contributed by atoms with E-state index in [1.54, 1.807) is 29.0 Å². The maximum atomic E-state index is 12.8. The summed E-state index contributed by atoms with van der Waals surface area (Å²) in [6.07, 6.45) is 1.28. The minimum Gasteiger partial charge on any atom is -0.497 e. The molecule has 1 aromatic carbocycles. The van der Waals surface area contributed by atoms with Gasteiger partial charge in [0.1, 0.15) is 5.75 Å². The number of carbonyl (C=O) groups is 2. The average molecular weight is 383 g/mol. The third-order valence-electron chi connectivity index (χ3n) is 4.98. The maximum absolute atomic E-state index is 12.8. The molecule has 8 nitrogen and oxygen atoms in total. The van der Waals surface area contributed by atoms with E-state index < -0.39 is 6.10 Å². The van der Waals surface area contributed by atoms with Gasteiger partial charge in [-0.05, 0) is 42.0 Å². The zero-order chi connectivity index (χ0) is 19.5. The Morgan fingerprint density at radius 1 is 1.07 bits per heavy atom. The molecular formula is C20H21N3O5. The molecule has 0 N–H and O–H groups in total. The van der Waals surface area contributed by atoms with Crippen molar-refractivity contribution in [3.63, 3.8) is 0 Å². The molecule has 2 amide bonds. The first-order chi connectivity index (χ1) is 13.7. The van der Waals surface area contributed by atoms with E-state index in [1.165, 1.54) is 6.26 Å². The summed E-state index contributed by atoms with van der Waals surface area (Å²) in [4.78, 5) is 33.9. The van der Waals surface area contributed by atoms with E-state index in [4.69, 9.17) is 14.0 Å². The third kappa shape index (κ3) is 3.58. The van der Waals surface area contributed by atoms with E-state index in [0.717, 1.165) is 17.0 Å². The Balaban J connectivity index is 1.31. The molecule has 2 aliphatic rings. The Morgan fingerprint density at radius 2 is 1.79 bits per heavy atom. The van der Waals surface area contributed by atoms with E-state index in [1.807, 2.05) is 24.3 Å². The van der Waals surface area contributed by atoms with Gasteiger partial charge in [-0.25, -0.2) is 0 Å². The van der Waals surface area contributed by atoms with Crippen molar-refractivity contribution in [3.05, 3.63) is 54.0 Å². The largest absolute Gasteiger partial charge is 0.497 e. The molecule has 1 unspecified atom stereocenters. The molecule has 2 aromatic rings. The van der Waals surface area contributed by atoms with Gasteiger partial charge in [-0.3, -0.25) is 9.59 Å². The predicted molar refractivity (Wildman–Crippen MR) is 100 cm³/mol. The smallest absolute Gasteiger partial charge is 0.289 e. The fourth-order valence-corrected chi connectivity index (χ4v) is 3.35. The number of piperazine rings is 1. The van der Waals surface area contributed by atoms with Crippen LogP contribution in [0.5, 0.6) is 5.75 Å². The van der Waals surface area contributed by atoms with E-state index in [2.05, 4.69) is 5.16 Å². The predicted octanol–water partition coefficient (Wildman–Crippen LogP) is 1.77. The topological polar surface area (TPSA) is 84.6 Å². The quantitative estimate of drug-likeness (QED) is 0.803. The molecular weight excluding hydrogens is 362 g/mol. The molecule has 8 heteroatoms. The molecule has 0 saturated carbocycles. The molecule has 1 saturated heterocycles. The van der Waals surface area contributed by atoms with Crippen LogP contribution in [-0.4, -0.2) is 66.7 Å². The number of oxime groups is 1. The first-order valence-corrected chi connectivity index (χ1v) is 9.14. The first-order valence-electron chi connectivity index (χ1n) is 9.14. The van der Waals surface area contributed by atoms with E-state index in [-0.39, 0.29) is 11.8 Å². The van der Waals surface area contributed by atoms with Crippen LogP contribution in [0.4, 0.5) is 0 Å². The second-order valence-corrected chi connectivity index (χ2v) is 6.66. The molecule has 0 bridgehead atoms. The molecule has 1 atom stereocenters. The molecule has 28 heavy (non-hydrogen) atoms. The van der Waals surface area contributed by atoms with Crippen LogP contribution in [-0.2, 0) is 9.63 Å². The zero-order valence-electron chi connectivity index (χ0n) is 15.5. The fourth-order valence-electron chi connectivity index (χ4n) is 3.35. The second kappa shape index (κ2) is 7.75. The normalized spacial score (nSPS) is 19.2. The first kappa shape index (κ1) is 18.1. The molecule has 146 valence electrons. The highest BCUT2D eigenvalue weighted by Gasteiger charge is 2.34. The number of benzene rings is 1. The molecule has 4 rings (SSSR count). The van der Waals surface area contributed by atoms with Crippen molar-refractivity contribution in [1.82, 2.24) is 9.80 Å². The van der Waals surface area contributed by atoms with Crippen molar-refractivity contribution in [1.29, 1.82) is 0 Å². The molecule has 0 aliphatic carbocycles. The number of amides is 2. The SMILES string of the molecule is COc1ccc(C2=NOC(C(=O)N3CCN(C(=O)c4ccco4)CC3)C2)cc1. The van der Waals surface area contributed by atoms with Gasteiger partial charge in [0.25, 0.3) is 11.8 Å². The number of hydrogen-bond donors (Lipinski definition) is 0. The van der Waals surface area contributed by atoms with Gasteiger partial charge < -0.3 is 23.8 Å². The van der Waals surface area contributed by atoms with Gasteiger partial charge >= 0.3 is 0 Å². The van der Waals surface area contributed by atoms with E-state index >= 15 is 0 Å². The van der Waals surface area contributed by atoms with Crippen molar-refractivity contribution in [2.45, 2.75) is 12.5 Å². The maximum Gasteiger partial charge on any atom is 0.289 e.